The summed E-state index contributed by atoms with van der Waals surface area (Å²) in [7, 11) is 2.90. The van der Waals surface area contributed by atoms with Crippen LogP contribution in [0.25, 0.3) is 0 Å². The Morgan fingerprint density at radius 3 is 2.64 bits per heavy atom. The van der Waals surface area contributed by atoms with Gasteiger partial charge in [0.2, 0.25) is 6.79 Å². The minimum atomic E-state index is -0.989. The quantitative estimate of drug-likeness (QED) is 0.729. The van der Waals surface area contributed by atoms with Crippen LogP contribution in [0.3, 0.4) is 0 Å². The summed E-state index contributed by atoms with van der Waals surface area (Å²) < 4.78 is 26.2. The lowest BCUT2D eigenvalue weighted by Gasteiger charge is -2.16. The average Bonchev–Trinajstić information content (AvgIpc) is 3.18. The molecule has 0 saturated heterocycles. The van der Waals surface area contributed by atoms with E-state index in [0.717, 1.165) is 5.56 Å². The van der Waals surface area contributed by atoms with Crippen LogP contribution >= 0.6 is 0 Å². The zero-order chi connectivity index (χ0) is 20.1. The Balaban J connectivity index is 1.59. The second-order valence-electron chi connectivity index (χ2n) is 5.99. The minimum absolute atomic E-state index is 0.178. The Kier molecular flexibility index (Phi) is 5.88. The summed E-state index contributed by atoms with van der Waals surface area (Å²) in [5.41, 5.74) is 1.02. The minimum Gasteiger partial charge on any atom is -0.493 e. The van der Waals surface area contributed by atoms with Crippen molar-refractivity contribution < 1.29 is 33.3 Å². The number of fused-ring (bicyclic) bond motifs is 1. The lowest BCUT2D eigenvalue weighted by molar-refractivity contribution is -0.129. The van der Waals surface area contributed by atoms with Crippen molar-refractivity contribution in [3.63, 3.8) is 0 Å². The van der Waals surface area contributed by atoms with Crippen LogP contribution < -0.4 is 24.3 Å². The van der Waals surface area contributed by atoms with Crippen LogP contribution in [0.1, 0.15) is 22.8 Å². The van der Waals surface area contributed by atoms with Crippen molar-refractivity contribution in [2.24, 2.45) is 0 Å². The Morgan fingerprint density at radius 2 is 1.89 bits per heavy atom. The molecule has 0 aromatic heterocycles. The van der Waals surface area contributed by atoms with E-state index in [1.807, 2.05) is 6.07 Å². The van der Waals surface area contributed by atoms with E-state index >= 15 is 0 Å². The van der Waals surface area contributed by atoms with E-state index in [0.29, 0.717) is 17.2 Å². The van der Waals surface area contributed by atoms with Crippen LogP contribution in [-0.4, -0.2) is 39.0 Å². The number of carbonyl (C=O) groups excluding carboxylic acids is 2. The molecule has 0 fully saturated rings. The third-order valence-corrected chi connectivity index (χ3v) is 4.18. The number of hydrogen-bond donors (Lipinski definition) is 1. The molecule has 1 aliphatic rings. The number of esters is 1. The highest BCUT2D eigenvalue weighted by atomic mass is 16.7. The van der Waals surface area contributed by atoms with Gasteiger partial charge >= 0.3 is 5.97 Å². The molecule has 8 heteroatoms. The second kappa shape index (κ2) is 8.51. The van der Waals surface area contributed by atoms with Crippen LogP contribution in [0, 0.1) is 0 Å². The van der Waals surface area contributed by atoms with E-state index < -0.39 is 18.0 Å². The summed E-state index contributed by atoms with van der Waals surface area (Å²) in [6.07, 6.45) is -0.989. The number of methoxy groups -OCH3 is 2. The Labute approximate surface area is 162 Å². The van der Waals surface area contributed by atoms with Crippen LogP contribution in [0.15, 0.2) is 36.4 Å². The van der Waals surface area contributed by atoms with Gasteiger partial charge in [-0.25, -0.2) is 4.79 Å². The SMILES string of the molecule is COc1cccc(C(=O)O[C@H](C)C(=O)NCc2ccc3c(c2)OCO3)c1OC. The van der Waals surface area contributed by atoms with Crippen LogP contribution in [0.2, 0.25) is 0 Å². The van der Waals surface area contributed by atoms with Crippen LogP contribution in [0.4, 0.5) is 0 Å². The number of benzene rings is 2. The summed E-state index contributed by atoms with van der Waals surface area (Å²) in [5.74, 6) is 0.857. The maximum atomic E-state index is 12.4. The van der Waals surface area contributed by atoms with E-state index in [1.165, 1.54) is 21.1 Å². The summed E-state index contributed by atoms with van der Waals surface area (Å²) in [5, 5.41) is 2.73. The van der Waals surface area contributed by atoms with Gasteiger partial charge in [0.15, 0.2) is 29.1 Å². The fourth-order valence-electron chi connectivity index (χ4n) is 2.71. The molecule has 3 rings (SSSR count). The van der Waals surface area contributed by atoms with Crippen molar-refractivity contribution in [3.8, 4) is 23.0 Å². The summed E-state index contributed by atoms with van der Waals surface area (Å²) in [6.45, 7) is 1.95. The van der Waals surface area contributed by atoms with Crippen molar-refractivity contribution in [2.75, 3.05) is 21.0 Å². The van der Waals surface area contributed by atoms with E-state index in [2.05, 4.69) is 5.32 Å². The van der Waals surface area contributed by atoms with Gasteiger partial charge in [-0.2, -0.15) is 0 Å². The highest BCUT2D eigenvalue weighted by Crippen LogP contribution is 2.33. The fourth-order valence-corrected chi connectivity index (χ4v) is 2.71. The van der Waals surface area contributed by atoms with Crippen molar-refractivity contribution in [2.45, 2.75) is 19.6 Å². The average molecular weight is 387 g/mol. The van der Waals surface area contributed by atoms with Crippen molar-refractivity contribution >= 4 is 11.9 Å². The first-order valence-corrected chi connectivity index (χ1v) is 8.61. The normalized spacial score (nSPS) is 12.8. The van der Waals surface area contributed by atoms with Gasteiger partial charge in [-0.1, -0.05) is 12.1 Å². The highest BCUT2D eigenvalue weighted by Gasteiger charge is 2.23. The van der Waals surface area contributed by atoms with Crippen molar-refractivity contribution in [1.82, 2.24) is 5.32 Å². The molecule has 0 spiro atoms. The van der Waals surface area contributed by atoms with Gasteiger partial charge in [0.25, 0.3) is 5.91 Å². The number of para-hydroxylation sites is 1. The van der Waals surface area contributed by atoms with Gasteiger partial charge < -0.3 is 29.0 Å². The molecule has 0 unspecified atom stereocenters. The van der Waals surface area contributed by atoms with Gasteiger partial charge in [0.1, 0.15) is 5.56 Å². The van der Waals surface area contributed by atoms with Gasteiger partial charge in [0.05, 0.1) is 14.2 Å². The predicted molar refractivity (Wildman–Crippen MR) is 98.8 cm³/mol. The number of nitrogens with one attached hydrogen (secondary N) is 1. The van der Waals surface area contributed by atoms with Gasteiger partial charge in [0, 0.05) is 6.54 Å². The second-order valence-corrected chi connectivity index (χ2v) is 5.99. The molecule has 2 aromatic rings. The molecule has 1 heterocycles. The summed E-state index contributed by atoms with van der Waals surface area (Å²) in [4.78, 5) is 24.7. The maximum absolute atomic E-state index is 12.4. The molecule has 148 valence electrons. The number of ether oxygens (including phenoxy) is 5. The molecule has 0 aliphatic carbocycles. The third kappa shape index (κ3) is 4.11. The molecule has 1 atom stereocenters. The first kappa shape index (κ1) is 19.3. The number of amides is 1. The van der Waals surface area contributed by atoms with Crippen molar-refractivity contribution in [3.05, 3.63) is 47.5 Å². The molecule has 8 nitrogen and oxygen atoms in total. The van der Waals surface area contributed by atoms with E-state index in [1.54, 1.807) is 30.3 Å². The largest absolute Gasteiger partial charge is 0.493 e. The first-order valence-electron chi connectivity index (χ1n) is 8.61. The van der Waals surface area contributed by atoms with E-state index in [-0.39, 0.29) is 24.7 Å². The Morgan fingerprint density at radius 1 is 1.11 bits per heavy atom. The molecule has 1 amide bonds. The van der Waals surface area contributed by atoms with Crippen LogP contribution in [-0.2, 0) is 16.1 Å². The third-order valence-electron chi connectivity index (χ3n) is 4.18. The Bertz CT molecular complexity index is 881. The van der Waals surface area contributed by atoms with Crippen LogP contribution in [0.5, 0.6) is 23.0 Å². The molecular formula is C20H21NO7. The molecule has 0 bridgehead atoms. The Hall–Kier alpha value is -3.42. The van der Waals surface area contributed by atoms with E-state index in [9.17, 15) is 9.59 Å². The number of hydrogen-bond acceptors (Lipinski definition) is 7. The first-order chi connectivity index (χ1) is 13.5. The predicted octanol–water partition coefficient (Wildman–Crippen LogP) is 2.29. The lowest BCUT2D eigenvalue weighted by atomic mass is 10.2. The van der Waals surface area contributed by atoms with Gasteiger partial charge in [-0.15, -0.1) is 0 Å². The number of rotatable bonds is 7. The zero-order valence-electron chi connectivity index (χ0n) is 15.8. The molecule has 1 aliphatic heterocycles. The topological polar surface area (TPSA) is 92.3 Å². The molecule has 0 radical (unpaired) electrons. The highest BCUT2D eigenvalue weighted by molar-refractivity contribution is 5.95. The number of carbonyl (C=O) groups is 2. The van der Waals surface area contributed by atoms with E-state index in [4.69, 9.17) is 23.7 Å². The summed E-state index contributed by atoms with van der Waals surface area (Å²) in [6, 6.07) is 10.2. The molecule has 2 aromatic carbocycles. The standard InChI is InChI=1S/C20H21NO7/c1-12(28-20(23)14-5-4-6-16(24-2)18(14)25-3)19(22)21-10-13-7-8-15-17(9-13)27-11-26-15/h4-9,12H,10-11H2,1-3H3,(H,21,22)/t12-/m1/s1. The molecule has 28 heavy (non-hydrogen) atoms. The molecular weight excluding hydrogens is 366 g/mol. The maximum Gasteiger partial charge on any atom is 0.342 e. The monoisotopic (exact) mass is 387 g/mol. The van der Waals surface area contributed by atoms with Gasteiger partial charge in [-0.3, -0.25) is 4.79 Å². The molecule has 0 saturated carbocycles. The zero-order valence-corrected chi connectivity index (χ0v) is 15.8. The lowest BCUT2D eigenvalue weighted by Crippen LogP contribution is -2.35. The van der Waals surface area contributed by atoms with Gasteiger partial charge in [-0.05, 0) is 36.8 Å². The fraction of sp³-hybridized carbons (Fsp3) is 0.300. The molecule has 1 N–H and O–H groups in total. The smallest absolute Gasteiger partial charge is 0.342 e. The summed E-state index contributed by atoms with van der Waals surface area (Å²) >= 11 is 0. The van der Waals surface area contributed by atoms with Crippen molar-refractivity contribution in [1.29, 1.82) is 0 Å².